The fraction of sp³-hybridized carbons (Fsp3) is 0.438. The molecule has 1 N–H and O–H groups in total. The number of benzene rings is 1. The summed E-state index contributed by atoms with van der Waals surface area (Å²) < 4.78 is 0. The number of carbonyl (C=O) groups is 1. The van der Waals surface area contributed by atoms with E-state index < -0.39 is 8.80 Å². The summed E-state index contributed by atoms with van der Waals surface area (Å²) in [4.78, 5) is 12.0. The largest absolute Gasteiger partial charge is 0.507 e. The second-order valence-electron chi connectivity index (χ2n) is 5.97. The molecular formula is C16H19O2Si. The first-order valence-electron chi connectivity index (χ1n) is 6.54. The van der Waals surface area contributed by atoms with E-state index in [1.54, 1.807) is 6.07 Å². The van der Waals surface area contributed by atoms with Gasteiger partial charge in [0.15, 0.2) is 5.78 Å². The Bertz CT molecular complexity index is 589. The Hall–Kier alpha value is -1.53. The van der Waals surface area contributed by atoms with Crippen LogP contribution in [0, 0.1) is 11.5 Å². The van der Waals surface area contributed by atoms with Crippen LogP contribution in [0.2, 0.25) is 13.1 Å². The Labute approximate surface area is 116 Å². The molecule has 2 rings (SSSR count). The molecule has 1 aliphatic rings. The standard InChI is InChI=1S/C16H19O2Si/c1-16(2)7-5-13(17)15-12(16)9-11(10-14(15)18)6-8-19(3)4/h9-10,18H,5,7H2,1-4H3. The number of fused-ring (bicyclic) bond motifs is 1. The zero-order valence-electron chi connectivity index (χ0n) is 11.9. The molecule has 1 aromatic rings. The molecule has 0 unspecified atom stereocenters. The molecule has 2 nitrogen and oxygen atoms in total. The van der Waals surface area contributed by atoms with Crippen molar-refractivity contribution >= 4 is 14.6 Å². The molecule has 0 bridgehead atoms. The number of hydrogen-bond donors (Lipinski definition) is 1. The monoisotopic (exact) mass is 271 g/mol. The summed E-state index contributed by atoms with van der Waals surface area (Å²) in [5.41, 5.74) is 5.36. The third-order valence-corrected chi connectivity index (χ3v) is 4.18. The van der Waals surface area contributed by atoms with Crippen molar-refractivity contribution in [3.05, 3.63) is 28.8 Å². The van der Waals surface area contributed by atoms with Crippen LogP contribution in [0.25, 0.3) is 0 Å². The van der Waals surface area contributed by atoms with Gasteiger partial charge >= 0.3 is 0 Å². The first-order valence-corrected chi connectivity index (χ1v) is 9.04. The molecule has 0 saturated heterocycles. The van der Waals surface area contributed by atoms with Gasteiger partial charge in [0.1, 0.15) is 14.5 Å². The third kappa shape index (κ3) is 2.74. The minimum absolute atomic E-state index is 0.0436. The van der Waals surface area contributed by atoms with E-state index in [-0.39, 0.29) is 16.9 Å². The average Bonchev–Trinajstić information content (AvgIpc) is 2.31. The zero-order chi connectivity index (χ0) is 14.2. The molecule has 19 heavy (non-hydrogen) atoms. The summed E-state index contributed by atoms with van der Waals surface area (Å²) in [6, 6.07) is 3.60. The predicted octanol–water partition coefficient (Wildman–Crippen LogP) is 3.29. The van der Waals surface area contributed by atoms with Crippen LogP contribution in [0.3, 0.4) is 0 Å². The topological polar surface area (TPSA) is 37.3 Å². The predicted molar refractivity (Wildman–Crippen MR) is 79.1 cm³/mol. The molecule has 0 spiro atoms. The second-order valence-corrected chi connectivity index (χ2v) is 8.22. The van der Waals surface area contributed by atoms with Crippen LogP contribution in [0.1, 0.15) is 48.2 Å². The quantitative estimate of drug-likeness (QED) is 0.581. The number of Topliss-reactive ketones (excluding diaryl/α,β-unsaturated/α-hetero) is 1. The van der Waals surface area contributed by atoms with E-state index in [9.17, 15) is 9.90 Å². The van der Waals surface area contributed by atoms with E-state index >= 15 is 0 Å². The third-order valence-electron chi connectivity index (χ3n) is 3.56. The van der Waals surface area contributed by atoms with Crippen LogP contribution >= 0.6 is 0 Å². The van der Waals surface area contributed by atoms with Crippen molar-refractivity contribution in [2.45, 2.75) is 45.2 Å². The van der Waals surface area contributed by atoms with Crippen molar-refractivity contribution in [1.82, 2.24) is 0 Å². The molecule has 0 heterocycles. The van der Waals surface area contributed by atoms with Gasteiger partial charge in [0.25, 0.3) is 0 Å². The van der Waals surface area contributed by atoms with E-state index in [0.717, 1.165) is 17.5 Å². The van der Waals surface area contributed by atoms with Crippen LogP contribution < -0.4 is 0 Å². The van der Waals surface area contributed by atoms with Gasteiger partial charge in [-0.15, -0.1) is 5.54 Å². The zero-order valence-corrected chi connectivity index (χ0v) is 12.9. The van der Waals surface area contributed by atoms with E-state index in [1.165, 1.54) is 0 Å². The highest BCUT2D eigenvalue weighted by Crippen LogP contribution is 2.40. The van der Waals surface area contributed by atoms with E-state index in [0.29, 0.717) is 12.0 Å². The molecule has 1 aliphatic carbocycles. The van der Waals surface area contributed by atoms with Gasteiger partial charge < -0.3 is 5.11 Å². The Morgan fingerprint density at radius 2 is 2.00 bits per heavy atom. The number of aromatic hydroxyl groups is 1. The summed E-state index contributed by atoms with van der Waals surface area (Å²) in [5, 5.41) is 10.1. The minimum Gasteiger partial charge on any atom is -0.507 e. The number of phenolic OH excluding ortho intramolecular Hbond substituents is 1. The molecule has 1 aromatic carbocycles. The minimum atomic E-state index is -0.614. The fourth-order valence-electron chi connectivity index (χ4n) is 2.41. The Balaban J connectivity index is 2.59. The summed E-state index contributed by atoms with van der Waals surface area (Å²) in [6.07, 6.45) is 1.33. The van der Waals surface area contributed by atoms with Crippen molar-refractivity contribution in [3.63, 3.8) is 0 Å². The van der Waals surface area contributed by atoms with Gasteiger partial charge in [-0.25, -0.2) is 0 Å². The molecule has 1 radical (unpaired) electrons. The highest BCUT2D eigenvalue weighted by Gasteiger charge is 2.33. The summed E-state index contributed by atoms with van der Waals surface area (Å²) in [6.45, 7) is 8.49. The number of phenols is 1. The van der Waals surface area contributed by atoms with Crippen LogP contribution in [0.4, 0.5) is 0 Å². The normalized spacial score (nSPS) is 16.8. The Morgan fingerprint density at radius 3 is 2.63 bits per heavy atom. The van der Waals surface area contributed by atoms with Gasteiger partial charge in [-0.1, -0.05) is 32.9 Å². The molecule has 0 aromatic heterocycles. The highest BCUT2D eigenvalue weighted by molar-refractivity contribution is 6.64. The summed E-state index contributed by atoms with van der Waals surface area (Å²) in [7, 11) is -0.614. The van der Waals surface area contributed by atoms with Gasteiger partial charge in [0.05, 0.1) is 5.56 Å². The Kier molecular flexibility index (Phi) is 3.55. The lowest BCUT2D eigenvalue weighted by molar-refractivity contribution is 0.0953. The van der Waals surface area contributed by atoms with Crippen molar-refractivity contribution < 1.29 is 9.90 Å². The molecule has 0 atom stereocenters. The van der Waals surface area contributed by atoms with E-state index in [1.807, 2.05) is 6.07 Å². The molecule has 0 amide bonds. The van der Waals surface area contributed by atoms with Gasteiger partial charge in [0, 0.05) is 12.0 Å². The second kappa shape index (κ2) is 4.86. The van der Waals surface area contributed by atoms with Gasteiger partial charge in [0.2, 0.25) is 0 Å². The Morgan fingerprint density at radius 1 is 1.32 bits per heavy atom. The highest BCUT2D eigenvalue weighted by atomic mass is 28.3. The van der Waals surface area contributed by atoms with E-state index in [2.05, 4.69) is 38.4 Å². The summed E-state index contributed by atoms with van der Waals surface area (Å²) >= 11 is 0. The number of ketones is 1. The molecule has 0 fully saturated rings. The van der Waals surface area contributed by atoms with Crippen LogP contribution in [-0.4, -0.2) is 19.7 Å². The van der Waals surface area contributed by atoms with Gasteiger partial charge in [-0.05, 0) is 29.5 Å². The molecule has 3 heteroatoms. The van der Waals surface area contributed by atoms with Crippen molar-refractivity contribution in [3.8, 4) is 17.2 Å². The molecule has 0 saturated carbocycles. The maximum Gasteiger partial charge on any atom is 0.166 e. The van der Waals surface area contributed by atoms with Crippen LogP contribution in [-0.2, 0) is 5.41 Å². The van der Waals surface area contributed by atoms with Crippen molar-refractivity contribution in [1.29, 1.82) is 0 Å². The van der Waals surface area contributed by atoms with Crippen LogP contribution in [0.5, 0.6) is 5.75 Å². The molecule has 99 valence electrons. The smallest absolute Gasteiger partial charge is 0.166 e. The number of carbonyl (C=O) groups excluding carboxylic acids is 1. The van der Waals surface area contributed by atoms with E-state index in [4.69, 9.17) is 0 Å². The SMILES string of the molecule is C[Si](C)C#Cc1cc(O)c2c(c1)C(C)(C)CCC2=O. The average molecular weight is 271 g/mol. The van der Waals surface area contributed by atoms with Crippen molar-refractivity contribution in [2.24, 2.45) is 0 Å². The number of hydrogen-bond acceptors (Lipinski definition) is 2. The van der Waals surface area contributed by atoms with Gasteiger partial charge in [-0.2, -0.15) is 0 Å². The maximum atomic E-state index is 12.0. The first-order chi connectivity index (χ1) is 8.81. The lowest BCUT2D eigenvalue weighted by Crippen LogP contribution is -2.27. The first kappa shape index (κ1) is 13.9. The van der Waals surface area contributed by atoms with Crippen molar-refractivity contribution in [2.75, 3.05) is 0 Å². The molecule has 0 aliphatic heterocycles. The molecular weight excluding hydrogens is 252 g/mol. The van der Waals surface area contributed by atoms with Gasteiger partial charge in [-0.3, -0.25) is 4.79 Å². The lowest BCUT2D eigenvalue weighted by Gasteiger charge is -2.32. The number of rotatable bonds is 0. The lowest BCUT2D eigenvalue weighted by atomic mass is 9.71. The maximum absolute atomic E-state index is 12.0. The summed E-state index contributed by atoms with van der Waals surface area (Å²) in [5.74, 6) is 3.24. The fourth-order valence-corrected chi connectivity index (χ4v) is 2.80. The van der Waals surface area contributed by atoms with Crippen LogP contribution in [0.15, 0.2) is 12.1 Å².